The third kappa shape index (κ3) is 4.47. The summed E-state index contributed by atoms with van der Waals surface area (Å²) in [5, 5.41) is 0. The van der Waals surface area contributed by atoms with Crippen molar-refractivity contribution < 1.29 is 13.9 Å². The van der Waals surface area contributed by atoms with Gasteiger partial charge in [-0.1, -0.05) is 26.5 Å². The fourth-order valence-electron chi connectivity index (χ4n) is 4.56. The number of halogens is 1. The van der Waals surface area contributed by atoms with Crippen LogP contribution in [0.2, 0.25) is 0 Å². The molecular weight excluding hydrogens is 329 g/mol. The number of benzene rings is 1. The molecule has 0 N–H and O–H groups in total. The summed E-state index contributed by atoms with van der Waals surface area (Å²) in [5.74, 6) is 1.63. The highest BCUT2D eigenvalue weighted by Crippen LogP contribution is 2.42. The molecule has 0 aromatic heterocycles. The molecule has 2 aliphatic heterocycles. The number of fused-ring (bicyclic) bond motifs is 3. The van der Waals surface area contributed by atoms with Crippen LogP contribution in [0.5, 0.6) is 5.75 Å². The van der Waals surface area contributed by atoms with Crippen molar-refractivity contribution in [2.24, 2.45) is 11.8 Å². The molecule has 0 aliphatic carbocycles. The molecule has 4 heteroatoms. The van der Waals surface area contributed by atoms with E-state index in [1.807, 2.05) is 6.92 Å². The Balaban J connectivity index is 1.79. The van der Waals surface area contributed by atoms with Crippen LogP contribution in [-0.4, -0.2) is 37.3 Å². The van der Waals surface area contributed by atoms with Gasteiger partial charge in [0.2, 0.25) is 0 Å². The van der Waals surface area contributed by atoms with Crippen molar-refractivity contribution in [3.8, 4) is 5.75 Å². The summed E-state index contributed by atoms with van der Waals surface area (Å²) < 4.78 is 24.8. The normalized spacial score (nSPS) is 25.7. The predicted octanol–water partition coefficient (Wildman–Crippen LogP) is 4.92. The van der Waals surface area contributed by atoms with Gasteiger partial charge in [0.15, 0.2) is 0 Å². The van der Waals surface area contributed by atoms with Gasteiger partial charge in [0, 0.05) is 19.1 Å². The van der Waals surface area contributed by atoms with E-state index in [0.717, 1.165) is 38.1 Å². The van der Waals surface area contributed by atoms with Crippen LogP contribution >= 0.6 is 0 Å². The van der Waals surface area contributed by atoms with Gasteiger partial charge in [-0.2, -0.15) is 0 Å². The molecule has 0 bridgehead atoms. The number of rotatable bonds is 7. The molecule has 26 heavy (non-hydrogen) atoms. The van der Waals surface area contributed by atoms with Crippen molar-refractivity contribution in [1.29, 1.82) is 0 Å². The molecule has 0 amide bonds. The SMILES string of the molecule is C=C(F)CO[C@H]1C[C@H]2c3ccc(OCC)cc3CCN2C[C@@H]1CC(C)C. The van der Waals surface area contributed by atoms with E-state index in [2.05, 4.69) is 43.5 Å². The van der Waals surface area contributed by atoms with Gasteiger partial charge in [-0.15, -0.1) is 0 Å². The van der Waals surface area contributed by atoms with Crippen molar-refractivity contribution in [2.45, 2.75) is 52.2 Å². The average molecular weight is 362 g/mol. The Labute approximate surface area is 157 Å². The molecule has 1 fully saturated rings. The first-order valence-corrected chi connectivity index (χ1v) is 9.92. The smallest absolute Gasteiger partial charge is 0.119 e. The lowest BCUT2D eigenvalue weighted by molar-refractivity contribution is -0.0597. The zero-order valence-corrected chi connectivity index (χ0v) is 16.3. The first-order chi connectivity index (χ1) is 12.5. The Hall–Kier alpha value is -1.39. The van der Waals surface area contributed by atoms with E-state index in [0.29, 0.717) is 24.5 Å². The van der Waals surface area contributed by atoms with Crippen LogP contribution in [0.1, 0.15) is 50.8 Å². The molecule has 1 aromatic carbocycles. The fourth-order valence-corrected chi connectivity index (χ4v) is 4.56. The van der Waals surface area contributed by atoms with Crippen LogP contribution < -0.4 is 4.74 Å². The maximum absolute atomic E-state index is 13.2. The summed E-state index contributed by atoms with van der Waals surface area (Å²) in [6, 6.07) is 6.84. The van der Waals surface area contributed by atoms with Gasteiger partial charge in [-0.05, 0) is 61.3 Å². The highest BCUT2D eigenvalue weighted by atomic mass is 19.1. The third-order valence-electron chi connectivity index (χ3n) is 5.57. The monoisotopic (exact) mass is 361 g/mol. The third-order valence-corrected chi connectivity index (χ3v) is 5.57. The number of hydrogen-bond donors (Lipinski definition) is 0. The van der Waals surface area contributed by atoms with Crippen LogP contribution in [0.25, 0.3) is 0 Å². The molecule has 3 atom stereocenters. The van der Waals surface area contributed by atoms with E-state index in [9.17, 15) is 4.39 Å². The van der Waals surface area contributed by atoms with E-state index >= 15 is 0 Å². The lowest BCUT2D eigenvalue weighted by Crippen LogP contribution is -2.49. The highest BCUT2D eigenvalue weighted by molar-refractivity contribution is 5.39. The van der Waals surface area contributed by atoms with Crippen LogP contribution in [-0.2, 0) is 11.2 Å². The molecule has 144 valence electrons. The summed E-state index contributed by atoms with van der Waals surface area (Å²) in [6.07, 6.45) is 3.19. The van der Waals surface area contributed by atoms with Gasteiger partial charge < -0.3 is 9.47 Å². The highest BCUT2D eigenvalue weighted by Gasteiger charge is 2.39. The second kappa shape index (κ2) is 8.53. The average Bonchev–Trinajstić information content (AvgIpc) is 2.59. The zero-order chi connectivity index (χ0) is 18.7. The zero-order valence-electron chi connectivity index (χ0n) is 16.3. The van der Waals surface area contributed by atoms with E-state index in [-0.39, 0.29) is 18.5 Å². The van der Waals surface area contributed by atoms with E-state index in [4.69, 9.17) is 9.47 Å². The molecule has 2 heterocycles. The second-order valence-electron chi connectivity index (χ2n) is 8.05. The number of nitrogens with zero attached hydrogens (tertiary/aromatic N) is 1. The quantitative estimate of drug-likeness (QED) is 0.688. The molecule has 0 saturated carbocycles. The van der Waals surface area contributed by atoms with Crippen LogP contribution in [0.3, 0.4) is 0 Å². The van der Waals surface area contributed by atoms with Gasteiger partial charge in [-0.25, -0.2) is 4.39 Å². The van der Waals surface area contributed by atoms with Crippen molar-refractivity contribution in [3.05, 3.63) is 41.7 Å². The maximum atomic E-state index is 13.2. The van der Waals surface area contributed by atoms with E-state index in [1.165, 1.54) is 11.1 Å². The Morgan fingerprint density at radius 3 is 2.88 bits per heavy atom. The fraction of sp³-hybridized carbons (Fsp3) is 0.636. The van der Waals surface area contributed by atoms with Gasteiger partial charge in [0.25, 0.3) is 0 Å². The van der Waals surface area contributed by atoms with E-state index < -0.39 is 0 Å². The van der Waals surface area contributed by atoms with E-state index in [1.54, 1.807) is 0 Å². The number of ether oxygens (including phenoxy) is 2. The molecule has 0 spiro atoms. The van der Waals surface area contributed by atoms with Gasteiger partial charge in [0.1, 0.15) is 11.6 Å². The molecule has 2 aliphatic rings. The van der Waals surface area contributed by atoms with Crippen LogP contribution in [0.15, 0.2) is 30.6 Å². The summed E-state index contributed by atoms with van der Waals surface area (Å²) in [4.78, 5) is 2.60. The molecule has 1 aromatic rings. The van der Waals surface area contributed by atoms with Gasteiger partial charge >= 0.3 is 0 Å². The first-order valence-electron chi connectivity index (χ1n) is 9.92. The van der Waals surface area contributed by atoms with Crippen molar-refractivity contribution >= 4 is 0 Å². The number of piperidine rings is 1. The Bertz CT molecular complexity index is 631. The topological polar surface area (TPSA) is 21.7 Å². The lowest BCUT2D eigenvalue weighted by Gasteiger charge is -2.47. The molecule has 0 radical (unpaired) electrons. The number of hydrogen-bond acceptors (Lipinski definition) is 3. The molecule has 0 unspecified atom stereocenters. The molecule has 1 saturated heterocycles. The minimum atomic E-state index is -0.388. The molecule has 3 nitrogen and oxygen atoms in total. The minimum absolute atomic E-state index is 0.0160. The lowest BCUT2D eigenvalue weighted by atomic mass is 9.79. The van der Waals surface area contributed by atoms with Crippen molar-refractivity contribution in [1.82, 2.24) is 4.90 Å². The van der Waals surface area contributed by atoms with Gasteiger partial charge in [0.05, 0.1) is 19.3 Å². The standard InChI is InChI=1S/C22H32FNO2/c1-5-25-19-6-7-20-17(11-19)8-9-24-13-18(10-15(2)3)22(12-21(20)24)26-14-16(4)23/h6-7,11,15,18,21-22H,4-5,8-10,12-14H2,1-3H3/t18-,21-,22-/m0/s1. The summed E-state index contributed by atoms with van der Waals surface area (Å²) >= 11 is 0. The molecular formula is C22H32FNO2. The minimum Gasteiger partial charge on any atom is -0.494 e. The largest absolute Gasteiger partial charge is 0.494 e. The van der Waals surface area contributed by atoms with Crippen LogP contribution in [0.4, 0.5) is 4.39 Å². The Morgan fingerprint density at radius 1 is 1.38 bits per heavy atom. The van der Waals surface area contributed by atoms with Crippen molar-refractivity contribution in [2.75, 3.05) is 26.3 Å². The summed E-state index contributed by atoms with van der Waals surface area (Å²) in [7, 11) is 0. The Morgan fingerprint density at radius 2 is 2.19 bits per heavy atom. The Kier molecular flexibility index (Phi) is 6.36. The first kappa shape index (κ1) is 19.4. The second-order valence-corrected chi connectivity index (χ2v) is 8.05. The van der Waals surface area contributed by atoms with Crippen molar-refractivity contribution in [3.63, 3.8) is 0 Å². The van der Waals surface area contributed by atoms with Crippen LogP contribution in [0, 0.1) is 11.8 Å². The summed E-state index contributed by atoms with van der Waals surface area (Å²) in [5.41, 5.74) is 2.77. The predicted molar refractivity (Wildman–Crippen MR) is 103 cm³/mol. The maximum Gasteiger partial charge on any atom is 0.119 e. The summed E-state index contributed by atoms with van der Waals surface area (Å²) in [6.45, 7) is 12.7. The van der Waals surface area contributed by atoms with Gasteiger partial charge in [-0.3, -0.25) is 4.90 Å². The molecule has 3 rings (SSSR count).